The quantitative estimate of drug-likeness (QED) is 0.547. The maximum absolute atomic E-state index is 11.9. The Balaban J connectivity index is 4.45. The number of unbranched alkanes of at least 4 members (excludes halogenated alkanes) is 2. The second-order valence-corrected chi connectivity index (χ2v) is 4.17. The molecule has 0 N–H and O–H groups in total. The van der Waals surface area contributed by atoms with Crippen molar-refractivity contribution in [2.24, 2.45) is 5.41 Å². The fraction of sp³-hybridized carbons (Fsp3) is 0.846. The van der Waals surface area contributed by atoms with Gasteiger partial charge in [-0.25, -0.2) is 0 Å². The van der Waals surface area contributed by atoms with Crippen LogP contribution in [0.5, 0.6) is 0 Å². The van der Waals surface area contributed by atoms with Gasteiger partial charge in [0.15, 0.2) is 0 Å². The highest BCUT2D eigenvalue weighted by Crippen LogP contribution is 2.29. The van der Waals surface area contributed by atoms with Gasteiger partial charge in [-0.3, -0.25) is 9.59 Å². The summed E-state index contributed by atoms with van der Waals surface area (Å²) in [4.78, 5) is 23.0. The van der Waals surface area contributed by atoms with E-state index in [1.807, 2.05) is 13.2 Å². The second-order valence-electron chi connectivity index (χ2n) is 4.17. The van der Waals surface area contributed by atoms with Crippen LogP contribution in [0.4, 0.5) is 0 Å². The molecule has 0 saturated carbocycles. The van der Waals surface area contributed by atoms with Gasteiger partial charge in [-0.05, 0) is 19.3 Å². The first-order valence-corrected chi connectivity index (χ1v) is 6.09. The summed E-state index contributed by atoms with van der Waals surface area (Å²) in [6.45, 7) is 6.03. The highest BCUT2D eigenvalue weighted by molar-refractivity contribution is 5.98. The predicted molar refractivity (Wildman–Crippen MR) is 62.5 cm³/mol. The molecule has 0 heterocycles. The van der Waals surface area contributed by atoms with Crippen molar-refractivity contribution in [1.29, 1.82) is 0 Å². The molecule has 1 unspecified atom stereocenters. The fourth-order valence-electron chi connectivity index (χ4n) is 1.75. The molecule has 0 fully saturated rings. The van der Waals surface area contributed by atoms with Crippen LogP contribution < -0.4 is 0 Å². The molecule has 0 rings (SSSR count). The third-order valence-corrected chi connectivity index (χ3v) is 3.05. The number of carbonyl (C=O) groups is 1. The van der Waals surface area contributed by atoms with Crippen molar-refractivity contribution in [3.05, 3.63) is 0 Å². The minimum absolute atomic E-state index is 0.0929. The van der Waals surface area contributed by atoms with E-state index < -0.39 is 5.41 Å². The average Bonchev–Trinajstić information content (AvgIpc) is 2.28. The van der Waals surface area contributed by atoms with E-state index in [0.29, 0.717) is 19.3 Å². The fourth-order valence-corrected chi connectivity index (χ4v) is 1.75. The maximum Gasteiger partial charge on any atom is 0.212 e. The molecule has 0 aromatic carbocycles. The van der Waals surface area contributed by atoms with Crippen LogP contribution in [0.15, 0.2) is 0 Å². The Kier molecular flexibility index (Phi) is 7.27. The third kappa shape index (κ3) is 4.15. The zero-order valence-electron chi connectivity index (χ0n) is 10.3. The van der Waals surface area contributed by atoms with Gasteiger partial charge in [0.1, 0.15) is 5.78 Å². The molecule has 2 nitrogen and oxygen atoms in total. The lowest BCUT2D eigenvalue weighted by Gasteiger charge is -2.23. The monoisotopic (exact) mass is 211 g/mol. The molecule has 2 heteroatoms. The summed E-state index contributed by atoms with van der Waals surface area (Å²) in [6.07, 6.45) is 7.64. The molecule has 0 bridgehead atoms. The van der Waals surface area contributed by atoms with Crippen molar-refractivity contribution in [2.75, 3.05) is 0 Å². The number of hydrogen-bond donors (Lipinski definition) is 0. The number of Topliss-reactive ketones (excluding diaryl/α,β-unsaturated/α-hetero) is 1. The van der Waals surface area contributed by atoms with Crippen molar-refractivity contribution in [1.82, 2.24) is 0 Å². The van der Waals surface area contributed by atoms with Crippen molar-refractivity contribution in [3.63, 3.8) is 0 Å². The van der Waals surface area contributed by atoms with Gasteiger partial charge in [-0.2, -0.15) is 0 Å². The summed E-state index contributed by atoms with van der Waals surface area (Å²) in [6, 6.07) is 0. The average molecular weight is 211 g/mol. The molecule has 0 aliphatic carbocycles. The number of carbonyl (C=O) groups excluding carboxylic acids is 2. The molecule has 0 saturated heterocycles. The van der Waals surface area contributed by atoms with Gasteiger partial charge in [0.05, 0.1) is 5.41 Å². The molecule has 1 radical (unpaired) electrons. The van der Waals surface area contributed by atoms with Gasteiger partial charge in [0.2, 0.25) is 6.29 Å². The Labute approximate surface area is 93.4 Å². The van der Waals surface area contributed by atoms with E-state index in [1.54, 1.807) is 0 Å². The Morgan fingerprint density at radius 3 is 2.13 bits per heavy atom. The van der Waals surface area contributed by atoms with Gasteiger partial charge in [0.25, 0.3) is 0 Å². The van der Waals surface area contributed by atoms with E-state index in [-0.39, 0.29) is 5.78 Å². The number of hydrogen-bond acceptors (Lipinski definition) is 2. The lowest BCUT2D eigenvalue weighted by molar-refractivity contribution is -0.126. The first kappa shape index (κ1) is 14.3. The van der Waals surface area contributed by atoms with E-state index in [4.69, 9.17) is 0 Å². The van der Waals surface area contributed by atoms with Crippen molar-refractivity contribution >= 4 is 12.1 Å². The summed E-state index contributed by atoms with van der Waals surface area (Å²) in [7, 11) is 0. The Morgan fingerprint density at radius 1 is 1.13 bits per heavy atom. The van der Waals surface area contributed by atoms with Crippen molar-refractivity contribution in [2.45, 2.75) is 65.7 Å². The zero-order chi connectivity index (χ0) is 11.7. The summed E-state index contributed by atoms with van der Waals surface area (Å²) in [5.41, 5.74) is -0.800. The molecular formula is C13H23O2. The second kappa shape index (κ2) is 7.61. The summed E-state index contributed by atoms with van der Waals surface area (Å²) in [5, 5.41) is 0. The Hall–Kier alpha value is -0.660. The van der Waals surface area contributed by atoms with Crippen LogP contribution >= 0.6 is 0 Å². The van der Waals surface area contributed by atoms with Gasteiger partial charge in [-0.15, -0.1) is 0 Å². The van der Waals surface area contributed by atoms with Crippen LogP contribution in [0.3, 0.4) is 0 Å². The van der Waals surface area contributed by atoms with Crippen LogP contribution in [-0.4, -0.2) is 12.1 Å². The Bertz CT molecular complexity index is 199. The molecule has 0 aliphatic heterocycles. The maximum atomic E-state index is 11.9. The molecule has 0 amide bonds. The molecular weight excluding hydrogens is 188 g/mol. The molecule has 0 aliphatic rings. The smallest absolute Gasteiger partial charge is 0.212 e. The van der Waals surface area contributed by atoms with E-state index in [2.05, 4.69) is 13.8 Å². The van der Waals surface area contributed by atoms with Gasteiger partial charge in [-0.1, -0.05) is 40.0 Å². The first-order valence-electron chi connectivity index (χ1n) is 6.09. The Morgan fingerprint density at radius 2 is 1.73 bits per heavy atom. The van der Waals surface area contributed by atoms with Gasteiger partial charge < -0.3 is 0 Å². The first-order chi connectivity index (χ1) is 7.16. The normalized spacial score (nSPS) is 14.6. The summed E-state index contributed by atoms with van der Waals surface area (Å²) < 4.78 is 0. The van der Waals surface area contributed by atoms with E-state index >= 15 is 0 Å². The minimum atomic E-state index is -0.800. The summed E-state index contributed by atoms with van der Waals surface area (Å²) in [5.74, 6) is 0.0929. The molecule has 15 heavy (non-hydrogen) atoms. The zero-order valence-corrected chi connectivity index (χ0v) is 10.3. The van der Waals surface area contributed by atoms with Crippen LogP contribution in [-0.2, 0) is 9.59 Å². The highest BCUT2D eigenvalue weighted by atomic mass is 16.1. The van der Waals surface area contributed by atoms with Crippen LogP contribution in [0, 0.1) is 5.41 Å². The molecule has 87 valence electrons. The summed E-state index contributed by atoms with van der Waals surface area (Å²) >= 11 is 0. The van der Waals surface area contributed by atoms with Crippen LogP contribution in [0.25, 0.3) is 0 Å². The molecule has 0 aromatic heterocycles. The standard InChI is InChI=1S/C13H23O2/c1-4-7-9-12(15)13(6-3,11-14)10-8-5-2/h4-10H2,1-3H3. The van der Waals surface area contributed by atoms with E-state index in [1.165, 1.54) is 0 Å². The van der Waals surface area contributed by atoms with E-state index in [0.717, 1.165) is 25.7 Å². The van der Waals surface area contributed by atoms with E-state index in [9.17, 15) is 9.59 Å². The van der Waals surface area contributed by atoms with Crippen LogP contribution in [0.1, 0.15) is 65.7 Å². The molecule has 1 atom stereocenters. The minimum Gasteiger partial charge on any atom is -0.299 e. The number of rotatable bonds is 9. The van der Waals surface area contributed by atoms with Crippen LogP contribution in [0.2, 0.25) is 0 Å². The predicted octanol–water partition coefficient (Wildman–Crippen LogP) is 3.44. The lowest BCUT2D eigenvalue weighted by atomic mass is 9.76. The third-order valence-electron chi connectivity index (χ3n) is 3.05. The van der Waals surface area contributed by atoms with Gasteiger partial charge in [0, 0.05) is 6.42 Å². The lowest BCUT2D eigenvalue weighted by Crippen LogP contribution is -2.32. The molecule has 0 aromatic rings. The highest BCUT2D eigenvalue weighted by Gasteiger charge is 2.35. The van der Waals surface area contributed by atoms with Crippen molar-refractivity contribution in [3.8, 4) is 0 Å². The topological polar surface area (TPSA) is 34.1 Å². The van der Waals surface area contributed by atoms with Crippen molar-refractivity contribution < 1.29 is 9.59 Å². The largest absolute Gasteiger partial charge is 0.299 e. The SMILES string of the molecule is CCCCC(=O)C([C]=O)(CC)CCCC. The number of ketones is 1. The van der Waals surface area contributed by atoms with Gasteiger partial charge >= 0.3 is 0 Å². The molecule has 0 spiro atoms.